The van der Waals surface area contributed by atoms with Crippen LogP contribution >= 0.6 is 0 Å². The number of nitrogens with zero attached hydrogens (tertiary/aromatic N) is 1. The molecule has 0 amide bonds. The summed E-state index contributed by atoms with van der Waals surface area (Å²) in [6.45, 7) is 6.37. The molecule has 0 atom stereocenters. The highest BCUT2D eigenvalue weighted by molar-refractivity contribution is 5.79. The highest BCUT2D eigenvalue weighted by Gasteiger charge is 2.23. The number of hydrogen-bond acceptors (Lipinski definition) is 5. The maximum absolute atomic E-state index is 5.79. The first kappa shape index (κ1) is 14.2. The lowest BCUT2D eigenvalue weighted by Gasteiger charge is -2.24. The molecule has 0 saturated heterocycles. The molecule has 108 valence electrons. The molecule has 0 aliphatic carbocycles. The Bertz CT molecular complexity index is 612. The van der Waals surface area contributed by atoms with Gasteiger partial charge in [0.1, 0.15) is 11.5 Å². The van der Waals surface area contributed by atoms with Gasteiger partial charge in [-0.15, -0.1) is 0 Å². The lowest BCUT2D eigenvalue weighted by atomic mass is 9.85. The maximum atomic E-state index is 5.79. The Morgan fingerprint density at radius 3 is 2.15 bits per heavy atom. The SMILES string of the molecule is COc1cc(C(C)(C)C)c(OC)cc1-c1cnoc1N. The van der Waals surface area contributed by atoms with Gasteiger partial charge < -0.3 is 19.7 Å². The van der Waals surface area contributed by atoms with Crippen molar-refractivity contribution in [2.45, 2.75) is 26.2 Å². The number of benzene rings is 1. The van der Waals surface area contributed by atoms with Crippen LogP contribution in [0.2, 0.25) is 0 Å². The molecule has 2 aromatic rings. The number of methoxy groups -OCH3 is 2. The second-order valence-electron chi connectivity index (χ2n) is 5.61. The van der Waals surface area contributed by atoms with Gasteiger partial charge in [0.05, 0.1) is 26.0 Å². The van der Waals surface area contributed by atoms with Gasteiger partial charge in [0.15, 0.2) is 0 Å². The van der Waals surface area contributed by atoms with E-state index in [0.717, 1.165) is 16.9 Å². The first-order valence-electron chi connectivity index (χ1n) is 6.35. The van der Waals surface area contributed by atoms with Crippen molar-refractivity contribution in [3.8, 4) is 22.6 Å². The third-order valence-corrected chi connectivity index (χ3v) is 3.22. The Kier molecular flexibility index (Phi) is 3.61. The van der Waals surface area contributed by atoms with Gasteiger partial charge in [-0.05, 0) is 17.5 Å². The minimum Gasteiger partial charge on any atom is -0.496 e. The third-order valence-electron chi connectivity index (χ3n) is 3.22. The van der Waals surface area contributed by atoms with Crippen LogP contribution in [0.4, 0.5) is 5.88 Å². The van der Waals surface area contributed by atoms with Crippen molar-refractivity contribution in [2.75, 3.05) is 20.0 Å². The topological polar surface area (TPSA) is 70.5 Å². The van der Waals surface area contributed by atoms with Crippen LogP contribution in [0.1, 0.15) is 26.3 Å². The molecule has 5 nitrogen and oxygen atoms in total. The highest BCUT2D eigenvalue weighted by atomic mass is 16.5. The summed E-state index contributed by atoms with van der Waals surface area (Å²) in [4.78, 5) is 0. The van der Waals surface area contributed by atoms with Gasteiger partial charge in [-0.25, -0.2) is 0 Å². The predicted molar refractivity (Wildman–Crippen MR) is 78.2 cm³/mol. The Balaban J connectivity index is 2.68. The average Bonchev–Trinajstić information content (AvgIpc) is 2.82. The monoisotopic (exact) mass is 276 g/mol. The minimum absolute atomic E-state index is 0.0582. The molecular weight excluding hydrogens is 256 g/mol. The zero-order chi connectivity index (χ0) is 14.9. The van der Waals surface area contributed by atoms with Gasteiger partial charge in [-0.1, -0.05) is 25.9 Å². The van der Waals surface area contributed by atoms with E-state index in [0.29, 0.717) is 11.3 Å². The van der Waals surface area contributed by atoms with Crippen LogP contribution < -0.4 is 15.2 Å². The quantitative estimate of drug-likeness (QED) is 0.931. The molecule has 1 heterocycles. The molecule has 0 bridgehead atoms. The molecule has 0 fully saturated rings. The van der Waals surface area contributed by atoms with Crippen molar-refractivity contribution in [1.82, 2.24) is 5.16 Å². The van der Waals surface area contributed by atoms with E-state index in [1.54, 1.807) is 20.4 Å². The van der Waals surface area contributed by atoms with Crippen LogP contribution in [-0.2, 0) is 5.41 Å². The second kappa shape index (κ2) is 5.07. The smallest absolute Gasteiger partial charge is 0.230 e. The molecule has 2 N–H and O–H groups in total. The third kappa shape index (κ3) is 2.43. The van der Waals surface area contributed by atoms with E-state index >= 15 is 0 Å². The Morgan fingerprint density at radius 2 is 1.70 bits per heavy atom. The summed E-state index contributed by atoms with van der Waals surface area (Å²) >= 11 is 0. The van der Waals surface area contributed by atoms with Crippen molar-refractivity contribution >= 4 is 5.88 Å². The molecule has 1 aromatic heterocycles. The zero-order valence-corrected chi connectivity index (χ0v) is 12.5. The number of nitrogens with two attached hydrogens (primary N) is 1. The van der Waals surface area contributed by atoms with Gasteiger partial charge in [-0.2, -0.15) is 0 Å². The molecule has 0 aliphatic heterocycles. The average molecular weight is 276 g/mol. The number of rotatable bonds is 3. The summed E-state index contributed by atoms with van der Waals surface area (Å²) in [5.74, 6) is 1.76. The van der Waals surface area contributed by atoms with E-state index < -0.39 is 0 Å². The van der Waals surface area contributed by atoms with Crippen LogP contribution in [0.3, 0.4) is 0 Å². The Hall–Kier alpha value is -2.17. The number of nitrogen functional groups attached to an aromatic ring is 1. The normalized spacial score (nSPS) is 11.4. The summed E-state index contributed by atoms with van der Waals surface area (Å²) in [7, 11) is 3.28. The Morgan fingerprint density at radius 1 is 1.05 bits per heavy atom. The summed E-state index contributed by atoms with van der Waals surface area (Å²) in [5, 5.41) is 3.70. The lowest BCUT2D eigenvalue weighted by molar-refractivity contribution is 0.389. The molecule has 1 aromatic carbocycles. The van der Waals surface area contributed by atoms with Crippen molar-refractivity contribution in [2.24, 2.45) is 0 Å². The number of ether oxygens (including phenoxy) is 2. The standard InChI is InChI=1S/C15H20N2O3/c1-15(2,3)11-7-12(18-4)9(6-13(11)19-5)10-8-17-20-14(10)16/h6-8H,16H2,1-5H3. The molecule has 0 radical (unpaired) electrons. The van der Waals surface area contributed by atoms with Gasteiger partial charge in [0, 0.05) is 11.1 Å². The molecule has 20 heavy (non-hydrogen) atoms. The van der Waals surface area contributed by atoms with Gasteiger partial charge in [-0.3, -0.25) is 0 Å². The van der Waals surface area contributed by atoms with E-state index in [9.17, 15) is 0 Å². The van der Waals surface area contributed by atoms with Crippen LogP contribution in [0.5, 0.6) is 11.5 Å². The van der Waals surface area contributed by atoms with E-state index in [1.165, 1.54) is 0 Å². The molecule has 0 spiro atoms. The second-order valence-corrected chi connectivity index (χ2v) is 5.61. The highest BCUT2D eigenvalue weighted by Crippen LogP contribution is 2.42. The fourth-order valence-corrected chi connectivity index (χ4v) is 2.15. The lowest BCUT2D eigenvalue weighted by Crippen LogP contribution is -2.13. The van der Waals surface area contributed by atoms with Crippen molar-refractivity contribution in [3.05, 3.63) is 23.9 Å². The summed E-state index contributed by atoms with van der Waals surface area (Å²) < 4.78 is 15.9. The van der Waals surface area contributed by atoms with Crippen LogP contribution in [-0.4, -0.2) is 19.4 Å². The summed E-state index contributed by atoms with van der Waals surface area (Å²) in [6.07, 6.45) is 1.57. The van der Waals surface area contributed by atoms with E-state index in [-0.39, 0.29) is 11.3 Å². The molecular formula is C15H20N2O3. The van der Waals surface area contributed by atoms with Gasteiger partial charge in [0.2, 0.25) is 5.88 Å². The summed E-state index contributed by atoms with van der Waals surface area (Å²) in [6, 6.07) is 3.88. The predicted octanol–water partition coefficient (Wildman–Crippen LogP) is 3.24. The molecule has 0 saturated carbocycles. The van der Waals surface area contributed by atoms with Crippen LogP contribution in [0.25, 0.3) is 11.1 Å². The van der Waals surface area contributed by atoms with Crippen LogP contribution in [0.15, 0.2) is 22.9 Å². The number of anilines is 1. The van der Waals surface area contributed by atoms with E-state index in [2.05, 4.69) is 25.9 Å². The fourth-order valence-electron chi connectivity index (χ4n) is 2.15. The van der Waals surface area contributed by atoms with Crippen molar-refractivity contribution in [1.29, 1.82) is 0 Å². The van der Waals surface area contributed by atoms with Crippen LogP contribution in [0, 0.1) is 0 Å². The zero-order valence-electron chi connectivity index (χ0n) is 12.5. The fraction of sp³-hybridized carbons (Fsp3) is 0.400. The first-order valence-corrected chi connectivity index (χ1v) is 6.35. The molecule has 2 rings (SSSR count). The summed E-state index contributed by atoms with van der Waals surface area (Å²) in [5.41, 5.74) is 8.29. The van der Waals surface area contributed by atoms with Crippen molar-refractivity contribution < 1.29 is 14.0 Å². The maximum Gasteiger partial charge on any atom is 0.230 e. The Labute approximate surface area is 118 Å². The van der Waals surface area contributed by atoms with Crippen molar-refractivity contribution in [3.63, 3.8) is 0 Å². The molecule has 0 unspecified atom stereocenters. The van der Waals surface area contributed by atoms with E-state index in [1.807, 2.05) is 12.1 Å². The van der Waals surface area contributed by atoms with Gasteiger partial charge in [0.25, 0.3) is 0 Å². The molecule has 5 heteroatoms. The first-order chi connectivity index (χ1) is 9.38. The largest absolute Gasteiger partial charge is 0.496 e. The van der Waals surface area contributed by atoms with E-state index in [4.69, 9.17) is 19.7 Å². The number of aromatic nitrogens is 1. The molecule has 0 aliphatic rings. The number of hydrogen-bond donors (Lipinski definition) is 1. The minimum atomic E-state index is -0.0582. The van der Waals surface area contributed by atoms with Gasteiger partial charge >= 0.3 is 0 Å².